The van der Waals surface area contributed by atoms with Gasteiger partial charge in [0.05, 0.1) is 6.20 Å². The average molecular weight is 505 g/mol. The second-order valence-corrected chi connectivity index (χ2v) is 10.5. The normalized spacial score (nSPS) is 17.6. The number of nitrogens with two attached hydrogens (primary N) is 1. The Morgan fingerprint density at radius 1 is 1.16 bits per heavy atom. The molecule has 0 atom stereocenters. The lowest BCUT2D eigenvalue weighted by Crippen LogP contribution is -2.39. The Balaban J connectivity index is 1.68. The highest BCUT2D eigenvalue weighted by atomic mass is 16.1. The van der Waals surface area contributed by atoms with E-state index >= 15 is 0 Å². The molecule has 0 radical (unpaired) electrons. The van der Waals surface area contributed by atoms with Crippen LogP contribution in [0.15, 0.2) is 35.4 Å². The number of carbonyl (C=O) groups excluding carboxylic acids is 1. The molecule has 0 aliphatic heterocycles. The predicted octanol–water partition coefficient (Wildman–Crippen LogP) is 4.21. The summed E-state index contributed by atoms with van der Waals surface area (Å²) in [4.78, 5) is 31.2. The number of aromatic nitrogens is 3. The molecule has 2 heterocycles. The number of benzene rings is 1. The first kappa shape index (κ1) is 26.7. The number of nitrogens with one attached hydrogen (secondary N) is 2. The fourth-order valence-electron chi connectivity index (χ4n) is 5.38. The van der Waals surface area contributed by atoms with E-state index in [0.717, 1.165) is 72.3 Å². The van der Waals surface area contributed by atoms with Gasteiger partial charge in [0.1, 0.15) is 0 Å². The summed E-state index contributed by atoms with van der Waals surface area (Å²) in [5, 5.41) is 7.50. The van der Waals surface area contributed by atoms with Crippen LogP contribution in [0.4, 0.5) is 5.69 Å². The van der Waals surface area contributed by atoms with Crippen LogP contribution in [-0.4, -0.2) is 39.8 Å². The molecule has 2 aromatic heterocycles. The molecule has 4 rings (SSSR count). The highest BCUT2D eigenvalue weighted by molar-refractivity contribution is 5.98. The Morgan fingerprint density at radius 2 is 1.89 bits per heavy atom. The molecule has 0 spiro atoms. The van der Waals surface area contributed by atoms with E-state index in [1.54, 1.807) is 0 Å². The number of hydrogen-bond donors (Lipinski definition) is 3. The van der Waals surface area contributed by atoms with Gasteiger partial charge in [0.2, 0.25) is 0 Å². The SMILES string of the molecule is CCCn1cc(-c2cc(C(=O)NCc3c(C)cc(C)[nH]c3=O)c(C)c(N(C)C3CCC(N)CC3)c2)cn1. The lowest BCUT2D eigenvalue weighted by molar-refractivity contribution is 0.0950. The monoisotopic (exact) mass is 504 g/mol. The van der Waals surface area contributed by atoms with E-state index in [2.05, 4.69) is 40.3 Å². The Labute approximate surface area is 219 Å². The van der Waals surface area contributed by atoms with E-state index in [4.69, 9.17) is 5.73 Å². The van der Waals surface area contributed by atoms with Crippen LogP contribution < -0.4 is 21.5 Å². The fraction of sp³-hybridized carbons (Fsp3) is 0.483. The number of H-pyrrole nitrogens is 1. The van der Waals surface area contributed by atoms with Crippen LogP contribution in [-0.2, 0) is 13.1 Å². The second-order valence-electron chi connectivity index (χ2n) is 10.5. The summed E-state index contributed by atoms with van der Waals surface area (Å²) in [5.74, 6) is -0.194. The van der Waals surface area contributed by atoms with Crippen LogP contribution >= 0.6 is 0 Å². The standard InChI is InChI=1S/C29H40N6O2/c1-6-11-35-17-22(15-32-35)21-13-25(28(36)31-16-26-18(2)12-19(3)33-29(26)37)20(4)27(14-21)34(5)24-9-7-23(30)8-10-24/h12-15,17,23-24H,6-11,16,30H2,1-5H3,(H,31,36)(H,33,37). The number of hydrogen-bond acceptors (Lipinski definition) is 5. The summed E-state index contributed by atoms with van der Waals surface area (Å²) >= 11 is 0. The molecule has 1 saturated carbocycles. The first-order valence-corrected chi connectivity index (χ1v) is 13.3. The molecule has 3 aromatic rings. The third-order valence-electron chi connectivity index (χ3n) is 7.63. The van der Waals surface area contributed by atoms with Crippen LogP contribution in [0.1, 0.15) is 71.8 Å². The minimum atomic E-state index is -0.194. The molecule has 1 aliphatic carbocycles. The van der Waals surface area contributed by atoms with Crippen LogP contribution in [0.5, 0.6) is 0 Å². The first-order valence-electron chi connectivity index (χ1n) is 13.3. The molecule has 198 valence electrons. The third-order valence-corrected chi connectivity index (χ3v) is 7.63. The number of anilines is 1. The van der Waals surface area contributed by atoms with Crippen molar-refractivity contribution in [2.75, 3.05) is 11.9 Å². The van der Waals surface area contributed by atoms with Crippen molar-refractivity contribution in [3.05, 3.63) is 68.9 Å². The van der Waals surface area contributed by atoms with E-state index < -0.39 is 0 Å². The maximum atomic E-state index is 13.5. The molecular formula is C29H40N6O2. The molecule has 1 aromatic carbocycles. The largest absolute Gasteiger partial charge is 0.371 e. The molecule has 1 fully saturated rings. The van der Waals surface area contributed by atoms with Gasteiger partial charge in [0.15, 0.2) is 0 Å². The molecule has 8 nitrogen and oxygen atoms in total. The molecule has 4 N–H and O–H groups in total. The van der Waals surface area contributed by atoms with E-state index in [-0.39, 0.29) is 24.1 Å². The Kier molecular flexibility index (Phi) is 8.17. The van der Waals surface area contributed by atoms with Crippen molar-refractivity contribution in [1.29, 1.82) is 0 Å². The topological polar surface area (TPSA) is 109 Å². The van der Waals surface area contributed by atoms with Crippen LogP contribution in [0.25, 0.3) is 11.1 Å². The molecular weight excluding hydrogens is 464 g/mol. The zero-order valence-corrected chi connectivity index (χ0v) is 22.7. The molecule has 1 aliphatic rings. The quantitative estimate of drug-likeness (QED) is 0.426. The maximum Gasteiger partial charge on any atom is 0.253 e. The zero-order valence-electron chi connectivity index (χ0n) is 22.7. The van der Waals surface area contributed by atoms with E-state index in [0.29, 0.717) is 17.2 Å². The van der Waals surface area contributed by atoms with Gasteiger partial charge in [-0.1, -0.05) is 6.92 Å². The van der Waals surface area contributed by atoms with Crippen molar-refractivity contribution < 1.29 is 4.79 Å². The minimum absolute atomic E-state index is 0.164. The van der Waals surface area contributed by atoms with Crippen molar-refractivity contribution in [3.8, 4) is 11.1 Å². The van der Waals surface area contributed by atoms with E-state index in [9.17, 15) is 9.59 Å². The fourth-order valence-corrected chi connectivity index (χ4v) is 5.38. The molecule has 0 bridgehead atoms. The van der Waals surface area contributed by atoms with E-state index in [1.165, 1.54) is 0 Å². The second kappa shape index (κ2) is 11.3. The van der Waals surface area contributed by atoms with Crippen LogP contribution in [0.3, 0.4) is 0 Å². The minimum Gasteiger partial charge on any atom is -0.371 e. The smallest absolute Gasteiger partial charge is 0.253 e. The summed E-state index contributed by atoms with van der Waals surface area (Å²) in [5.41, 5.74) is 12.8. The van der Waals surface area contributed by atoms with Gasteiger partial charge >= 0.3 is 0 Å². The van der Waals surface area contributed by atoms with Gasteiger partial charge in [0.25, 0.3) is 11.5 Å². The predicted molar refractivity (Wildman–Crippen MR) is 149 cm³/mol. The average Bonchev–Trinajstić information content (AvgIpc) is 3.32. The Morgan fingerprint density at radius 3 is 2.57 bits per heavy atom. The van der Waals surface area contributed by atoms with Crippen LogP contribution in [0, 0.1) is 20.8 Å². The van der Waals surface area contributed by atoms with Crippen molar-refractivity contribution in [2.24, 2.45) is 5.73 Å². The number of rotatable bonds is 8. The Hall–Kier alpha value is -3.39. The molecule has 0 unspecified atom stereocenters. The summed E-state index contributed by atoms with van der Waals surface area (Å²) < 4.78 is 1.94. The van der Waals surface area contributed by atoms with E-state index in [1.807, 2.05) is 50.0 Å². The number of aromatic amines is 1. The van der Waals surface area contributed by atoms with Crippen molar-refractivity contribution in [1.82, 2.24) is 20.1 Å². The number of nitrogens with zero attached hydrogens (tertiary/aromatic N) is 3. The highest BCUT2D eigenvalue weighted by Crippen LogP contribution is 2.34. The van der Waals surface area contributed by atoms with Gasteiger partial charge < -0.3 is 20.9 Å². The lowest BCUT2D eigenvalue weighted by Gasteiger charge is -2.36. The summed E-state index contributed by atoms with van der Waals surface area (Å²) in [6.07, 6.45) is 8.98. The van der Waals surface area contributed by atoms with Gasteiger partial charge in [-0.25, -0.2) is 0 Å². The number of amides is 1. The lowest BCUT2D eigenvalue weighted by atomic mass is 9.89. The molecule has 0 saturated heterocycles. The Bertz CT molecular complexity index is 1320. The molecule has 8 heteroatoms. The van der Waals surface area contributed by atoms with Gasteiger partial charge in [-0.05, 0) is 87.8 Å². The number of pyridine rings is 1. The third kappa shape index (κ3) is 5.96. The van der Waals surface area contributed by atoms with Gasteiger partial charge in [-0.2, -0.15) is 5.10 Å². The van der Waals surface area contributed by atoms with Crippen molar-refractivity contribution >= 4 is 11.6 Å². The molecule has 37 heavy (non-hydrogen) atoms. The number of aryl methyl sites for hydroxylation is 3. The van der Waals surface area contributed by atoms with Crippen molar-refractivity contribution in [3.63, 3.8) is 0 Å². The van der Waals surface area contributed by atoms with Gasteiger partial charge in [-0.3, -0.25) is 14.3 Å². The van der Waals surface area contributed by atoms with Gasteiger partial charge in [-0.15, -0.1) is 0 Å². The van der Waals surface area contributed by atoms with Crippen LogP contribution in [0.2, 0.25) is 0 Å². The van der Waals surface area contributed by atoms with Crippen molar-refractivity contribution in [2.45, 2.75) is 85.0 Å². The highest BCUT2D eigenvalue weighted by Gasteiger charge is 2.25. The van der Waals surface area contributed by atoms with Gasteiger partial charge in [0, 0.05) is 66.5 Å². The molecule has 1 amide bonds. The zero-order chi connectivity index (χ0) is 26.7. The summed E-state index contributed by atoms with van der Waals surface area (Å²) in [6, 6.07) is 6.69. The summed E-state index contributed by atoms with van der Waals surface area (Å²) in [7, 11) is 2.12. The maximum absolute atomic E-state index is 13.5. The summed E-state index contributed by atoms with van der Waals surface area (Å²) in [6.45, 7) is 8.89. The first-order chi connectivity index (χ1) is 17.7. The number of carbonyl (C=O) groups is 1.